The van der Waals surface area contributed by atoms with Gasteiger partial charge in [-0.05, 0) is 47.4 Å². The van der Waals surface area contributed by atoms with Gasteiger partial charge in [0.2, 0.25) is 5.91 Å². The van der Waals surface area contributed by atoms with Crippen LogP contribution >= 0.6 is 0 Å². The molecule has 0 saturated carbocycles. The summed E-state index contributed by atoms with van der Waals surface area (Å²) in [5.41, 5.74) is 1.77. The number of halogens is 1. The van der Waals surface area contributed by atoms with E-state index in [1.54, 1.807) is 19.1 Å². The van der Waals surface area contributed by atoms with Gasteiger partial charge in [-0.3, -0.25) is 14.5 Å². The number of imide groups is 1. The van der Waals surface area contributed by atoms with Crippen molar-refractivity contribution in [1.29, 1.82) is 0 Å². The van der Waals surface area contributed by atoms with Crippen molar-refractivity contribution in [2.45, 2.75) is 18.9 Å². The topological polar surface area (TPSA) is 78.5 Å². The van der Waals surface area contributed by atoms with Crippen molar-refractivity contribution in [3.05, 3.63) is 90.2 Å². The number of hydrogen-bond acceptors (Lipinski definition) is 3. The third-order valence-corrected chi connectivity index (χ3v) is 5.62. The Bertz CT molecular complexity index is 1150. The van der Waals surface area contributed by atoms with E-state index in [1.165, 1.54) is 24.3 Å². The van der Waals surface area contributed by atoms with E-state index in [0.717, 1.165) is 16.0 Å². The van der Waals surface area contributed by atoms with Gasteiger partial charge < -0.3 is 10.6 Å². The summed E-state index contributed by atoms with van der Waals surface area (Å²) < 4.78 is 13.3. The fourth-order valence-electron chi connectivity index (χ4n) is 3.86. The molecular formula is C25H22FN3O3. The lowest BCUT2D eigenvalue weighted by Gasteiger charge is -2.25. The Labute approximate surface area is 185 Å². The molecule has 162 valence electrons. The maximum Gasteiger partial charge on any atom is 0.325 e. The van der Waals surface area contributed by atoms with Crippen LogP contribution in [0.25, 0.3) is 11.1 Å². The highest BCUT2D eigenvalue weighted by Gasteiger charge is 2.51. The minimum absolute atomic E-state index is 0.266. The predicted octanol–water partition coefficient (Wildman–Crippen LogP) is 4.29. The molecule has 0 bridgehead atoms. The van der Waals surface area contributed by atoms with Crippen LogP contribution in [0.3, 0.4) is 0 Å². The zero-order chi connectivity index (χ0) is 22.7. The first kappa shape index (κ1) is 21.2. The Balaban J connectivity index is 1.45. The summed E-state index contributed by atoms with van der Waals surface area (Å²) in [6.07, 6.45) is 0.266. The number of amides is 4. The Morgan fingerprint density at radius 3 is 2.19 bits per heavy atom. The van der Waals surface area contributed by atoms with E-state index in [4.69, 9.17) is 0 Å². The average Bonchev–Trinajstić information content (AvgIpc) is 3.05. The molecule has 6 nitrogen and oxygen atoms in total. The normalized spacial score (nSPS) is 17.9. The highest BCUT2D eigenvalue weighted by atomic mass is 19.1. The molecule has 1 aliphatic rings. The van der Waals surface area contributed by atoms with Crippen LogP contribution in [0.5, 0.6) is 0 Å². The number of carbonyl (C=O) groups excluding carboxylic acids is 3. The van der Waals surface area contributed by atoms with Gasteiger partial charge in [0.15, 0.2) is 0 Å². The van der Waals surface area contributed by atoms with Crippen LogP contribution < -0.4 is 10.6 Å². The molecule has 32 heavy (non-hydrogen) atoms. The molecule has 0 aromatic heterocycles. The van der Waals surface area contributed by atoms with Crippen molar-refractivity contribution < 1.29 is 18.8 Å². The number of anilines is 1. The minimum atomic E-state index is -1.32. The molecule has 0 radical (unpaired) electrons. The van der Waals surface area contributed by atoms with Crippen molar-refractivity contribution in [1.82, 2.24) is 10.2 Å². The molecule has 1 saturated heterocycles. The zero-order valence-corrected chi connectivity index (χ0v) is 17.5. The molecule has 0 spiro atoms. The lowest BCUT2D eigenvalue weighted by molar-refractivity contribution is -0.134. The Morgan fingerprint density at radius 2 is 1.56 bits per heavy atom. The standard InChI is InChI=1S/C25H22FN3O3/c1-2-25(19-10-12-20(26)13-11-19)23(31)29(24(32)28-25)16-22(30)27-21-14-8-18(9-15-21)17-6-4-3-5-7-17/h3-15H,2,16H2,1H3,(H,27,30)(H,28,32)/t25-/m0/s1. The summed E-state index contributed by atoms with van der Waals surface area (Å²) in [6, 6.07) is 21.9. The fourth-order valence-corrected chi connectivity index (χ4v) is 3.86. The Hall–Kier alpha value is -4.00. The van der Waals surface area contributed by atoms with Crippen LogP contribution in [-0.4, -0.2) is 29.3 Å². The minimum Gasteiger partial charge on any atom is -0.325 e. The molecule has 3 aromatic rings. The van der Waals surface area contributed by atoms with Gasteiger partial charge in [0.25, 0.3) is 5.91 Å². The summed E-state index contributed by atoms with van der Waals surface area (Å²) >= 11 is 0. The van der Waals surface area contributed by atoms with E-state index in [9.17, 15) is 18.8 Å². The average molecular weight is 431 g/mol. The second-order valence-electron chi connectivity index (χ2n) is 7.58. The van der Waals surface area contributed by atoms with Gasteiger partial charge in [-0.1, -0.05) is 61.5 Å². The van der Waals surface area contributed by atoms with Gasteiger partial charge in [-0.25, -0.2) is 9.18 Å². The first-order valence-corrected chi connectivity index (χ1v) is 10.3. The molecule has 0 aliphatic carbocycles. The Morgan fingerprint density at radius 1 is 0.938 bits per heavy atom. The number of nitrogens with zero attached hydrogens (tertiary/aromatic N) is 1. The van der Waals surface area contributed by atoms with Crippen molar-refractivity contribution >= 4 is 23.5 Å². The molecule has 1 heterocycles. The lowest BCUT2D eigenvalue weighted by atomic mass is 9.87. The SMILES string of the molecule is CC[C@@]1(c2ccc(F)cc2)NC(=O)N(CC(=O)Nc2ccc(-c3ccccc3)cc2)C1=O. The number of urea groups is 1. The maximum absolute atomic E-state index is 13.3. The monoisotopic (exact) mass is 431 g/mol. The second kappa shape index (κ2) is 8.63. The van der Waals surface area contributed by atoms with E-state index >= 15 is 0 Å². The largest absolute Gasteiger partial charge is 0.325 e. The van der Waals surface area contributed by atoms with Crippen molar-refractivity contribution in [3.63, 3.8) is 0 Å². The quantitative estimate of drug-likeness (QED) is 0.572. The van der Waals surface area contributed by atoms with Gasteiger partial charge in [-0.2, -0.15) is 0 Å². The van der Waals surface area contributed by atoms with E-state index in [0.29, 0.717) is 11.3 Å². The first-order valence-electron chi connectivity index (χ1n) is 10.3. The third-order valence-electron chi connectivity index (χ3n) is 5.62. The molecular weight excluding hydrogens is 409 g/mol. The van der Waals surface area contributed by atoms with Gasteiger partial charge in [0, 0.05) is 5.69 Å². The summed E-state index contributed by atoms with van der Waals surface area (Å²) in [5, 5.41) is 5.40. The van der Waals surface area contributed by atoms with Crippen LogP contribution in [0.15, 0.2) is 78.9 Å². The van der Waals surface area contributed by atoms with Crippen molar-refractivity contribution in [2.75, 3.05) is 11.9 Å². The summed E-state index contributed by atoms with van der Waals surface area (Å²) in [5.74, 6) is -1.47. The van der Waals surface area contributed by atoms with Gasteiger partial charge in [0.05, 0.1) is 0 Å². The number of hydrogen-bond donors (Lipinski definition) is 2. The van der Waals surface area contributed by atoms with Crippen LogP contribution in [0.2, 0.25) is 0 Å². The molecule has 4 rings (SSSR count). The smallest absolute Gasteiger partial charge is 0.325 e. The number of rotatable bonds is 6. The molecule has 1 atom stereocenters. The molecule has 0 unspecified atom stereocenters. The molecule has 1 aliphatic heterocycles. The molecule has 2 N–H and O–H groups in total. The molecule has 3 aromatic carbocycles. The fraction of sp³-hybridized carbons (Fsp3) is 0.160. The van der Waals surface area contributed by atoms with Gasteiger partial charge in [-0.15, -0.1) is 0 Å². The highest BCUT2D eigenvalue weighted by Crippen LogP contribution is 2.32. The number of carbonyl (C=O) groups is 3. The van der Waals surface area contributed by atoms with E-state index in [1.807, 2.05) is 42.5 Å². The highest BCUT2D eigenvalue weighted by molar-refractivity contribution is 6.10. The second-order valence-corrected chi connectivity index (χ2v) is 7.58. The van der Waals surface area contributed by atoms with Crippen LogP contribution in [-0.2, 0) is 15.1 Å². The van der Waals surface area contributed by atoms with Crippen molar-refractivity contribution in [2.24, 2.45) is 0 Å². The van der Waals surface area contributed by atoms with Gasteiger partial charge in [0.1, 0.15) is 17.9 Å². The van der Waals surface area contributed by atoms with E-state index in [-0.39, 0.29) is 6.42 Å². The Kier molecular flexibility index (Phi) is 5.73. The summed E-state index contributed by atoms with van der Waals surface area (Å²) in [4.78, 5) is 39.1. The van der Waals surface area contributed by atoms with Gasteiger partial charge >= 0.3 is 6.03 Å². The van der Waals surface area contributed by atoms with Crippen LogP contribution in [0.1, 0.15) is 18.9 Å². The molecule has 7 heteroatoms. The summed E-state index contributed by atoms with van der Waals surface area (Å²) in [7, 11) is 0. The zero-order valence-electron chi connectivity index (χ0n) is 17.5. The number of nitrogens with one attached hydrogen (secondary N) is 2. The summed E-state index contributed by atoms with van der Waals surface area (Å²) in [6.45, 7) is 1.33. The number of benzene rings is 3. The third kappa shape index (κ3) is 3.97. The predicted molar refractivity (Wildman–Crippen MR) is 119 cm³/mol. The van der Waals surface area contributed by atoms with E-state index in [2.05, 4.69) is 10.6 Å². The van der Waals surface area contributed by atoms with Crippen molar-refractivity contribution in [3.8, 4) is 11.1 Å². The lowest BCUT2D eigenvalue weighted by Crippen LogP contribution is -2.44. The molecule has 4 amide bonds. The molecule has 1 fully saturated rings. The van der Waals surface area contributed by atoms with Crippen LogP contribution in [0.4, 0.5) is 14.9 Å². The van der Waals surface area contributed by atoms with E-state index < -0.39 is 35.7 Å². The van der Waals surface area contributed by atoms with Crippen LogP contribution in [0, 0.1) is 5.82 Å². The first-order chi connectivity index (χ1) is 15.4. The maximum atomic E-state index is 13.3.